The summed E-state index contributed by atoms with van der Waals surface area (Å²) in [6.07, 6.45) is -2.86. The second kappa shape index (κ2) is 9.90. The van der Waals surface area contributed by atoms with Gasteiger partial charge in [-0.25, -0.2) is 9.18 Å². The monoisotopic (exact) mass is 450 g/mol. The summed E-state index contributed by atoms with van der Waals surface area (Å²) >= 11 is 5.71. The van der Waals surface area contributed by atoms with E-state index in [1.807, 2.05) is 0 Å². The molecule has 0 bridgehead atoms. The number of carboxylic acid groups (broad SMARTS) is 1. The Kier molecular flexibility index (Phi) is 7.79. The summed E-state index contributed by atoms with van der Waals surface area (Å²) in [6, 6.07) is 6.13. The Labute approximate surface area is 174 Å². The van der Waals surface area contributed by atoms with Crippen LogP contribution in [0.1, 0.15) is 12.8 Å². The molecule has 1 aliphatic heterocycles. The summed E-state index contributed by atoms with van der Waals surface area (Å²) in [7, 11) is 2.09. The van der Waals surface area contributed by atoms with Crippen molar-refractivity contribution in [2.75, 3.05) is 25.5 Å². The van der Waals surface area contributed by atoms with Crippen LogP contribution in [0.15, 0.2) is 24.3 Å². The van der Waals surface area contributed by atoms with Crippen LogP contribution < -0.4 is 5.32 Å². The van der Waals surface area contributed by atoms with E-state index in [1.165, 1.54) is 6.07 Å². The van der Waals surface area contributed by atoms with Crippen molar-refractivity contribution in [2.24, 2.45) is 0 Å². The molecule has 0 spiro atoms. The minimum Gasteiger partial charge on any atom is -0.507 e. The Balaban J connectivity index is 0.000000396. The molecule has 1 fully saturated rings. The van der Waals surface area contributed by atoms with Crippen LogP contribution in [-0.4, -0.2) is 63.6 Å². The van der Waals surface area contributed by atoms with E-state index in [-0.39, 0.29) is 22.0 Å². The number of nitrogens with one attached hydrogen (secondary N) is 1. The number of aliphatic carboxylic acids is 1. The molecule has 164 valence electrons. The van der Waals surface area contributed by atoms with Gasteiger partial charge in [-0.15, -0.1) is 10.2 Å². The number of hydrogen-bond donors (Lipinski definition) is 3. The number of rotatable bonds is 3. The van der Waals surface area contributed by atoms with Crippen molar-refractivity contribution in [2.45, 2.75) is 25.1 Å². The molecule has 1 aromatic carbocycles. The number of piperidine rings is 1. The first-order valence-electron chi connectivity index (χ1n) is 8.74. The average molecular weight is 451 g/mol. The second-order valence-electron chi connectivity index (χ2n) is 6.63. The third-order valence-electron chi connectivity index (χ3n) is 4.17. The molecule has 0 aliphatic carbocycles. The van der Waals surface area contributed by atoms with Crippen molar-refractivity contribution >= 4 is 23.4 Å². The predicted octanol–water partition coefficient (Wildman–Crippen LogP) is 3.78. The van der Waals surface area contributed by atoms with Gasteiger partial charge in [-0.05, 0) is 50.7 Å². The van der Waals surface area contributed by atoms with E-state index in [4.69, 9.17) is 21.5 Å². The van der Waals surface area contributed by atoms with Crippen LogP contribution >= 0.6 is 11.6 Å². The SMILES string of the molecule is CN1CCC[C@@H](Nc2ccc(-c3c(O)cc(Cl)cc3F)nn2)C1.O=C(O)C(F)(F)F. The van der Waals surface area contributed by atoms with Crippen molar-refractivity contribution in [1.29, 1.82) is 0 Å². The number of benzene rings is 1. The van der Waals surface area contributed by atoms with Crippen molar-refractivity contribution in [1.82, 2.24) is 15.1 Å². The number of nitrogens with zero attached hydrogens (tertiary/aromatic N) is 3. The number of aromatic hydroxyl groups is 1. The van der Waals surface area contributed by atoms with E-state index in [0.717, 1.165) is 32.0 Å². The lowest BCUT2D eigenvalue weighted by Crippen LogP contribution is -2.39. The number of aromatic nitrogens is 2. The van der Waals surface area contributed by atoms with Crippen molar-refractivity contribution in [3.05, 3.63) is 35.1 Å². The first-order chi connectivity index (χ1) is 14.0. The lowest BCUT2D eigenvalue weighted by atomic mass is 10.1. The topological polar surface area (TPSA) is 98.6 Å². The quantitative estimate of drug-likeness (QED) is 0.612. The van der Waals surface area contributed by atoms with E-state index in [9.17, 15) is 22.7 Å². The number of phenols is 1. The van der Waals surface area contributed by atoms with Crippen LogP contribution in [-0.2, 0) is 4.79 Å². The Hall–Kier alpha value is -2.66. The van der Waals surface area contributed by atoms with Gasteiger partial charge in [0.15, 0.2) is 0 Å². The fourth-order valence-corrected chi connectivity index (χ4v) is 3.05. The standard InChI is InChI=1S/C16H18ClFN4O.C2HF3O2/c1-22-6-2-3-11(9-22)19-15-5-4-13(20-21-15)16-12(18)7-10(17)8-14(16)23;3-2(4,5)1(6)7/h4-5,7-8,11,23H,2-3,6,9H2,1H3,(H,19,21);(H,6,7)/t11-;/m1./s1. The summed E-state index contributed by atoms with van der Waals surface area (Å²) in [6.45, 7) is 2.06. The lowest BCUT2D eigenvalue weighted by Gasteiger charge is -2.30. The highest BCUT2D eigenvalue weighted by Crippen LogP contribution is 2.33. The van der Waals surface area contributed by atoms with Gasteiger partial charge in [-0.3, -0.25) is 0 Å². The molecule has 1 aliphatic rings. The molecule has 0 amide bonds. The third-order valence-corrected chi connectivity index (χ3v) is 4.39. The molecule has 0 unspecified atom stereocenters. The summed E-state index contributed by atoms with van der Waals surface area (Å²) in [5.41, 5.74) is 0.272. The van der Waals surface area contributed by atoms with E-state index in [2.05, 4.69) is 27.5 Å². The summed E-state index contributed by atoms with van der Waals surface area (Å²) in [4.78, 5) is 11.2. The van der Waals surface area contributed by atoms with Crippen molar-refractivity contribution in [3.8, 4) is 17.0 Å². The van der Waals surface area contributed by atoms with Crippen LogP contribution in [0, 0.1) is 5.82 Å². The van der Waals surface area contributed by atoms with E-state index < -0.39 is 18.0 Å². The minimum absolute atomic E-state index is 0.00542. The molecule has 1 atom stereocenters. The van der Waals surface area contributed by atoms with E-state index >= 15 is 0 Å². The van der Waals surface area contributed by atoms with Gasteiger partial charge < -0.3 is 20.4 Å². The number of likely N-dealkylation sites (N-methyl/N-ethyl adjacent to an activating group) is 1. The minimum atomic E-state index is -5.08. The Morgan fingerprint density at radius 1 is 1.30 bits per heavy atom. The van der Waals surface area contributed by atoms with Crippen molar-refractivity contribution < 1.29 is 32.6 Å². The predicted molar refractivity (Wildman–Crippen MR) is 102 cm³/mol. The first-order valence-corrected chi connectivity index (χ1v) is 9.12. The molecule has 3 N–H and O–H groups in total. The Bertz CT molecular complexity index is 858. The normalized spacial score (nSPS) is 17.1. The number of alkyl halides is 3. The molecular formula is C18H19ClF4N4O3. The molecule has 30 heavy (non-hydrogen) atoms. The maximum absolute atomic E-state index is 14.0. The number of phenolic OH excluding ortho intramolecular Hbond substituents is 1. The largest absolute Gasteiger partial charge is 0.507 e. The molecule has 0 saturated carbocycles. The number of anilines is 1. The molecule has 1 aromatic heterocycles. The van der Waals surface area contributed by atoms with Gasteiger partial charge in [0.1, 0.15) is 17.4 Å². The van der Waals surface area contributed by atoms with Crippen molar-refractivity contribution in [3.63, 3.8) is 0 Å². The Morgan fingerprint density at radius 3 is 2.47 bits per heavy atom. The summed E-state index contributed by atoms with van der Waals surface area (Å²) in [5.74, 6) is -2.99. The summed E-state index contributed by atoms with van der Waals surface area (Å²) < 4.78 is 45.7. The van der Waals surface area contributed by atoms with Gasteiger partial charge in [0.2, 0.25) is 0 Å². The molecule has 0 radical (unpaired) electrons. The second-order valence-corrected chi connectivity index (χ2v) is 7.07. The van der Waals surface area contributed by atoms with Crippen LogP contribution in [0.5, 0.6) is 5.75 Å². The van der Waals surface area contributed by atoms with Gasteiger partial charge in [-0.1, -0.05) is 11.6 Å². The highest BCUT2D eigenvalue weighted by molar-refractivity contribution is 6.30. The summed E-state index contributed by atoms with van der Waals surface area (Å²) in [5, 5.41) is 28.6. The zero-order valence-electron chi connectivity index (χ0n) is 15.7. The molecule has 1 saturated heterocycles. The van der Waals surface area contributed by atoms with Gasteiger partial charge >= 0.3 is 12.1 Å². The van der Waals surface area contributed by atoms with Crippen LogP contribution in [0.3, 0.4) is 0 Å². The smallest absolute Gasteiger partial charge is 0.490 e. The number of carbonyl (C=O) groups is 1. The maximum Gasteiger partial charge on any atom is 0.490 e. The number of hydrogen-bond acceptors (Lipinski definition) is 6. The number of carboxylic acids is 1. The van der Waals surface area contributed by atoms with Gasteiger partial charge in [0.25, 0.3) is 0 Å². The third kappa shape index (κ3) is 6.70. The highest BCUT2D eigenvalue weighted by atomic mass is 35.5. The fraction of sp³-hybridized carbons (Fsp3) is 0.389. The zero-order chi connectivity index (χ0) is 22.5. The van der Waals surface area contributed by atoms with Gasteiger partial charge in [-0.2, -0.15) is 13.2 Å². The lowest BCUT2D eigenvalue weighted by molar-refractivity contribution is -0.192. The number of halogens is 5. The molecule has 12 heteroatoms. The van der Waals surface area contributed by atoms with Gasteiger partial charge in [0.05, 0.1) is 11.3 Å². The first kappa shape index (κ1) is 23.6. The maximum atomic E-state index is 14.0. The zero-order valence-corrected chi connectivity index (χ0v) is 16.5. The average Bonchev–Trinajstić information content (AvgIpc) is 2.62. The molecule has 3 rings (SSSR count). The van der Waals surface area contributed by atoms with Crippen LogP contribution in [0.2, 0.25) is 5.02 Å². The fourth-order valence-electron chi connectivity index (χ4n) is 2.85. The number of likely N-dealkylation sites (tertiary alicyclic amines) is 1. The molecule has 2 heterocycles. The molecular weight excluding hydrogens is 432 g/mol. The molecule has 7 nitrogen and oxygen atoms in total. The highest BCUT2D eigenvalue weighted by Gasteiger charge is 2.38. The van der Waals surface area contributed by atoms with E-state index in [0.29, 0.717) is 11.9 Å². The molecule has 2 aromatic rings. The van der Waals surface area contributed by atoms with Crippen LogP contribution in [0.25, 0.3) is 11.3 Å². The van der Waals surface area contributed by atoms with Crippen LogP contribution in [0.4, 0.5) is 23.4 Å². The Morgan fingerprint density at radius 2 is 1.97 bits per heavy atom. The van der Waals surface area contributed by atoms with Gasteiger partial charge in [0, 0.05) is 17.6 Å². The van der Waals surface area contributed by atoms with E-state index in [1.54, 1.807) is 12.1 Å².